The third kappa shape index (κ3) is 9.70. The third-order valence-corrected chi connectivity index (χ3v) is 8.81. The predicted molar refractivity (Wildman–Crippen MR) is 218 cm³/mol. The number of aliphatic imine (C=N–C) groups is 1. The van der Waals surface area contributed by atoms with Crippen LogP contribution in [0.3, 0.4) is 0 Å². The topological polar surface area (TPSA) is 311 Å². The SMILES string of the molecule is CCN=C(C(=O)Nc1nc2cc(C(N)=O)cc(OCCCC(=O)OC)c2n1C/C=C/Cn1c(NC(=O)c2cc(C)nn2CC)nc2cc(C(N)=O)cnc21)/C(N)=C(/C)N. The van der Waals surface area contributed by atoms with Gasteiger partial charge in [-0.15, -0.1) is 0 Å². The molecule has 1 aromatic carbocycles. The fourth-order valence-corrected chi connectivity index (χ4v) is 5.95. The van der Waals surface area contributed by atoms with E-state index in [1.807, 2.05) is 6.92 Å². The van der Waals surface area contributed by atoms with Gasteiger partial charge in [0.1, 0.15) is 28.2 Å². The van der Waals surface area contributed by atoms with Gasteiger partial charge in [-0.3, -0.25) is 48.8 Å². The predicted octanol–water partition coefficient (Wildman–Crippen LogP) is 1.89. The normalized spacial score (nSPS) is 12.2. The van der Waals surface area contributed by atoms with Gasteiger partial charge in [-0.1, -0.05) is 12.2 Å². The van der Waals surface area contributed by atoms with Crippen LogP contribution in [-0.4, -0.2) is 89.4 Å². The highest BCUT2D eigenvalue weighted by Crippen LogP contribution is 2.31. The van der Waals surface area contributed by atoms with Crippen molar-refractivity contribution in [2.75, 3.05) is 30.9 Å². The lowest BCUT2D eigenvalue weighted by atomic mass is 10.1. The molecule has 21 heteroatoms. The van der Waals surface area contributed by atoms with Crippen molar-refractivity contribution < 1.29 is 33.4 Å². The van der Waals surface area contributed by atoms with Gasteiger partial charge in [-0.05, 0) is 58.4 Å². The zero-order valence-electron chi connectivity index (χ0n) is 33.2. The largest absolute Gasteiger partial charge is 0.491 e. The number of aryl methyl sites for hydroxylation is 2. The summed E-state index contributed by atoms with van der Waals surface area (Å²) in [5, 5.41) is 9.96. The fraction of sp³-hybridized carbons (Fsp3) is 0.316. The summed E-state index contributed by atoms with van der Waals surface area (Å²) in [6, 6.07) is 6.04. The van der Waals surface area contributed by atoms with E-state index in [0.29, 0.717) is 41.0 Å². The number of nitrogens with two attached hydrogens (primary N) is 4. The van der Waals surface area contributed by atoms with E-state index < -0.39 is 29.6 Å². The number of nitrogens with zero attached hydrogens (tertiary/aromatic N) is 8. The molecule has 0 aliphatic rings. The number of hydrogen-bond acceptors (Lipinski definition) is 14. The summed E-state index contributed by atoms with van der Waals surface area (Å²) in [7, 11) is 1.28. The number of amides is 4. The molecule has 21 nitrogen and oxygen atoms in total. The summed E-state index contributed by atoms with van der Waals surface area (Å²) < 4.78 is 15.6. The van der Waals surface area contributed by atoms with Gasteiger partial charge in [0.2, 0.25) is 23.7 Å². The summed E-state index contributed by atoms with van der Waals surface area (Å²) >= 11 is 0. The molecule has 4 amide bonds. The molecule has 0 unspecified atom stereocenters. The molecule has 0 spiro atoms. The van der Waals surface area contributed by atoms with Crippen LogP contribution in [-0.2, 0) is 34.0 Å². The number of nitrogens with one attached hydrogen (secondary N) is 2. The van der Waals surface area contributed by atoms with Gasteiger partial charge in [0.15, 0.2) is 5.65 Å². The second kappa shape index (κ2) is 18.6. The molecule has 4 aromatic heterocycles. The number of primary amides is 2. The van der Waals surface area contributed by atoms with Crippen LogP contribution in [0.5, 0.6) is 5.75 Å². The summed E-state index contributed by atoms with van der Waals surface area (Å²) in [6.45, 7) is 7.83. The van der Waals surface area contributed by atoms with E-state index in [4.69, 9.17) is 32.4 Å². The number of anilines is 2. The number of ether oxygens (including phenoxy) is 2. The molecule has 5 aromatic rings. The third-order valence-electron chi connectivity index (χ3n) is 8.81. The number of benzene rings is 1. The Bertz CT molecular complexity index is 2540. The van der Waals surface area contributed by atoms with E-state index in [1.165, 1.54) is 38.4 Å². The zero-order valence-corrected chi connectivity index (χ0v) is 33.2. The van der Waals surface area contributed by atoms with Crippen LogP contribution < -0.4 is 38.3 Å². The van der Waals surface area contributed by atoms with E-state index in [0.717, 1.165) is 0 Å². The van der Waals surface area contributed by atoms with Gasteiger partial charge < -0.3 is 37.0 Å². The summed E-state index contributed by atoms with van der Waals surface area (Å²) in [5.41, 5.74) is 25.8. The smallest absolute Gasteiger partial charge is 0.305 e. The van der Waals surface area contributed by atoms with Crippen molar-refractivity contribution >= 4 is 69.4 Å². The van der Waals surface area contributed by atoms with Gasteiger partial charge >= 0.3 is 5.97 Å². The number of imidazole rings is 2. The average molecular weight is 811 g/mol. The van der Waals surface area contributed by atoms with Crippen molar-refractivity contribution in [2.24, 2.45) is 27.9 Å². The maximum absolute atomic E-state index is 13.7. The molecule has 4 heterocycles. The Morgan fingerprint density at radius 3 is 2.19 bits per heavy atom. The Balaban J connectivity index is 1.56. The van der Waals surface area contributed by atoms with Crippen LogP contribution in [0.25, 0.3) is 22.2 Å². The summed E-state index contributed by atoms with van der Waals surface area (Å²) in [6.07, 6.45) is 5.21. The lowest BCUT2D eigenvalue weighted by Gasteiger charge is -2.13. The van der Waals surface area contributed by atoms with Crippen molar-refractivity contribution in [3.05, 3.63) is 76.5 Å². The number of rotatable bonds is 18. The number of fused-ring (bicyclic) bond motifs is 2. The number of pyridine rings is 1. The lowest BCUT2D eigenvalue weighted by Crippen LogP contribution is -2.31. The van der Waals surface area contributed by atoms with Crippen LogP contribution in [0, 0.1) is 6.92 Å². The van der Waals surface area contributed by atoms with Gasteiger partial charge in [-0.25, -0.2) is 15.0 Å². The van der Waals surface area contributed by atoms with E-state index in [-0.39, 0.29) is 84.1 Å². The first-order valence-electron chi connectivity index (χ1n) is 18.5. The Labute approximate surface area is 337 Å². The molecule has 310 valence electrons. The minimum absolute atomic E-state index is 0.0150. The number of carbonyl (C=O) groups excluding carboxylic acids is 5. The molecular formula is C38H46N14O7. The highest BCUT2D eigenvalue weighted by molar-refractivity contribution is 6.48. The molecule has 0 aliphatic carbocycles. The van der Waals surface area contributed by atoms with Gasteiger partial charge in [-0.2, -0.15) is 5.10 Å². The number of esters is 1. The van der Waals surface area contributed by atoms with Crippen LogP contribution in [0.2, 0.25) is 0 Å². The van der Waals surface area contributed by atoms with Crippen molar-refractivity contribution in [1.29, 1.82) is 0 Å². The molecule has 0 radical (unpaired) electrons. The first kappa shape index (κ1) is 42.6. The number of carbonyl (C=O) groups is 5. The standard InChI is InChI=1S/C38H46N14O7/c1-6-43-30(29(40)21(4)39)36(57)48-37-45-24-16-22(32(41)54)18-27(59-14-10-11-28(53)58-5)31(24)50(37)12-8-9-13-51-34-25(17-23(19-44-34)33(42)55)46-38(51)47-35(56)26-15-20(3)49-52(26)7-2/h8-9,15-19H,6-7,10-14,39-40H2,1-5H3,(H2,41,54)(H2,42,55)(H,45,48,57)(H,46,47,56)/b9-8+,29-21+,43-30?. The van der Waals surface area contributed by atoms with Gasteiger partial charge in [0, 0.05) is 50.1 Å². The Morgan fingerprint density at radius 1 is 0.881 bits per heavy atom. The van der Waals surface area contributed by atoms with Crippen molar-refractivity contribution in [2.45, 2.75) is 60.2 Å². The molecule has 0 bridgehead atoms. The number of hydrogen-bond donors (Lipinski definition) is 6. The Morgan fingerprint density at radius 2 is 1.54 bits per heavy atom. The van der Waals surface area contributed by atoms with Crippen molar-refractivity contribution in [1.82, 2.24) is 33.9 Å². The highest BCUT2D eigenvalue weighted by Gasteiger charge is 2.23. The number of allylic oxidation sites excluding steroid dienone is 3. The maximum atomic E-state index is 13.7. The second-order valence-electron chi connectivity index (χ2n) is 13.0. The molecule has 0 saturated heterocycles. The van der Waals surface area contributed by atoms with Gasteiger partial charge in [0.05, 0.1) is 36.2 Å². The van der Waals surface area contributed by atoms with Crippen molar-refractivity contribution in [3.63, 3.8) is 0 Å². The minimum atomic E-state index is -0.749. The quantitative estimate of drug-likeness (QED) is 0.0319. The second-order valence-corrected chi connectivity index (χ2v) is 13.0. The first-order valence-corrected chi connectivity index (χ1v) is 18.5. The summed E-state index contributed by atoms with van der Waals surface area (Å²) in [5.74, 6) is -2.66. The lowest BCUT2D eigenvalue weighted by molar-refractivity contribution is -0.140. The molecule has 0 aliphatic heterocycles. The monoisotopic (exact) mass is 810 g/mol. The first-order chi connectivity index (χ1) is 28.2. The molecule has 0 saturated carbocycles. The highest BCUT2D eigenvalue weighted by atomic mass is 16.5. The van der Waals surface area contributed by atoms with Crippen LogP contribution in [0.4, 0.5) is 11.9 Å². The zero-order chi connectivity index (χ0) is 43.0. The summed E-state index contributed by atoms with van der Waals surface area (Å²) in [4.78, 5) is 81.1. The van der Waals surface area contributed by atoms with Crippen LogP contribution in [0.1, 0.15) is 70.5 Å². The Kier molecular flexibility index (Phi) is 13.4. The van der Waals surface area contributed by atoms with Crippen LogP contribution >= 0.6 is 0 Å². The Hall–Kier alpha value is -7.58. The van der Waals surface area contributed by atoms with E-state index >= 15 is 0 Å². The van der Waals surface area contributed by atoms with Crippen LogP contribution in [0.15, 0.2) is 59.0 Å². The average Bonchev–Trinajstić information content (AvgIpc) is 3.87. The maximum Gasteiger partial charge on any atom is 0.305 e. The van der Waals surface area contributed by atoms with Gasteiger partial charge in [0.25, 0.3) is 11.8 Å². The fourth-order valence-electron chi connectivity index (χ4n) is 5.95. The number of methoxy groups -OCH3 is 1. The molecule has 59 heavy (non-hydrogen) atoms. The molecular weight excluding hydrogens is 765 g/mol. The van der Waals surface area contributed by atoms with E-state index in [9.17, 15) is 24.0 Å². The van der Waals surface area contributed by atoms with Crippen molar-refractivity contribution in [3.8, 4) is 5.75 Å². The van der Waals surface area contributed by atoms with E-state index in [1.54, 1.807) is 45.9 Å². The van der Waals surface area contributed by atoms with E-state index in [2.05, 4.69) is 35.7 Å². The molecule has 10 N–H and O–H groups in total. The molecule has 0 atom stereocenters. The molecule has 5 rings (SSSR count). The minimum Gasteiger partial charge on any atom is -0.491 e. The molecule has 0 fully saturated rings. The number of aromatic nitrogens is 7.